The standard InChI is InChI=1S/C12H18N2O2S/c1-6(5-10(13)17)14-12(15)11-7(2)8(3)16-9(11)4/h6H,5H2,1-4H3,(H2,13,17)(H,14,15). The molecule has 0 fully saturated rings. The lowest BCUT2D eigenvalue weighted by molar-refractivity contribution is 0.0939. The fourth-order valence-electron chi connectivity index (χ4n) is 1.78. The zero-order chi connectivity index (χ0) is 13.2. The fraction of sp³-hybridized carbons (Fsp3) is 0.500. The maximum absolute atomic E-state index is 12.0. The number of furan rings is 1. The summed E-state index contributed by atoms with van der Waals surface area (Å²) in [4.78, 5) is 12.4. The molecule has 1 aromatic heterocycles. The third-order valence-electron chi connectivity index (χ3n) is 2.67. The van der Waals surface area contributed by atoms with Crippen molar-refractivity contribution in [2.75, 3.05) is 0 Å². The number of rotatable bonds is 4. The SMILES string of the molecule is Cc1oc(C)c(C(=O)NC(C)CC(N)=S)c1C. The Labute approximate surface area is 107 Å². The van der Waals surface area contributed by atoms with Crippen LogP contribution in [0.1, 0.15) is 40.8 Å². The van der Waals surface area contributed by atoms with Gasteiger partial charge in [0.15, 0.2) is 0 Å². The number of hydrogen-bond acceptors (Lipinski definition) is 3. The second-order valence-electron chi connectivity index (χ2n) is 4.26. The second-order valence-corrected chi connectivity index (χ2v) is 4.78. The minimum atomic E-state index is -0.138. The van der Waals surface area contributed by atoms with E-state index in [1.807, 2.05) is 20.8 Å². The summed E-state index contributed by atoms with van der Waals surface area (Å²) in [5, 5.41) is 2.86. The van der Waals surface area contributed by atoms with Crippen molar-refractivity contribution in [3.63, 3.8) is 0 Å². The molecule has 1 atom stereocenters. The van der Waals surface area contributed by atoms with Gasteiger partial charge in [-0.3, -0.25) is 4.79 Å². The van der Waals surface area contributed by atoms with Crippen LogP contribution < -0.4 is 11.1 Å². The van der Waals surface area contributed by atoms with Gasteiger partial charge >= 0.3 is 0 Å². The summed E-state index contributed by atoms with van der Waals surface area (Å²) in [5.74, 6) is 1.27. The molecule has 0 aromatic carbocycles. The lowest BCUT2D eigenvalue weighted by Crippen LogP contribution is -2.35. The normalized spacial score (nSPS) is 12.2. The van der Waals surface area contributed by atoms with Gasteiger partial charge in [0.1, 0.15) is 11.5 Å². The Morgan fingerprint density at radius 3 is 2.41 bits per heavy atom. The van der Waals surface area contributed by atoms with Gasteiger partial charge in [0.25, 0.3) is 5.91 Å². The summed E-state index contributed by atoms with van der Waals surface area (Å²) in [7, 11) is 0. The minimum Gasteiger partial charge on any atom is -0.466 e. The maximum atomic E-state index is 12.0. The van der Waals surface area contributed by atoms with Crippen LogP contribution in [0.4, 0.5) is 0 Å². The highest BCUT2D eigenvalue weighted by molar-refractivity contribution is 7.80. The molecule has 0 bridgehead atoms. The smallest absolute Gasteiger partial charge is 0.255 e. The molecule has 0 spiro atoms. The van der Waals surface area contributed by atoms with E-state index in [1.165, 1.54) is 0 Å². The van der Waals surface area contributed by atoms with E-state index in [0.29, 0.717) is 22.7 Å². The number of nitrogens with two attached hydrogens (primary N) is 1. The molecule has 3 N–H and O–H groups in total. The van der Waals surface area contributed by atoms with Crippen molar-refractivity contribution in [2.24, 2.45) is 5.73 Å². The predicted molar refractivity (Wildman–Crippen MR) is 71.2 cm³/mol. The van der Waals surface area contributed by atoms with Gasteiger partial charge in [-0.25, -0.2) is 0 Å². The van der Waals surface area contributed by atoms with Gasteiger partial charge in [0.05, 0.1) is 10.6 Å². The minimum absolute atomic E-state index is 0.0750. The van der Waals surface area contributed by atoms with Gasteiger partial charge in [-0.15, -0.1) is 0 Å². The summed E-state index contributed by atoms with van der Waals surface area (Å²) in [6, 6.07) is -0.0750. The number of thiocarbonyl (C=S) groups is 1. The molecule has 0 saturated heterocycles. The van der Waals surface area contributed by atoms with Crippen molar-refractivity contribution in [2.45, 2.75) is 40.2 Å². The number of carbonyl (C=O) groups excluding carboxylic acids is 1. The molecular weight excluding hydrogens is 236 g/mol. The first-order valence-electron chi connectivity index (χ1n) is 5.48. The molecule has 0 aliphatic heterocycles. The number of carbonyl (C=O) groups is 1. The Morgan fingerprint density at radius 2 is 2.00 bits per heavy atom. The third-order valence-corrected chi connectivity index (χ3v) is 2.84. The average molecular weight is 254 g/mol. The fourth-order valence-corrected chi connectivity index (χ4v) is 2.03. The molecule has 4 nitrogen and oxygen atoms in total. The van der Waals surface area contributed by atoms with E-state index >= 15 is 0 Å². The van der Waals surface area contributed by atoms with E-state index in [0.717, 1.165) is 11.3 Å². The zero-order valence-corrected chi connectivity index (χ0v) is 11.4. The molecule has 17 heavy (non-hydrogen) atoms. The maximum Gasteiger partial charge on any atom is 0.255 e. The number of amides is 1. The average Bonchev–Trinajstić information content (AvgIpc) is 2.39. The number of nitrogens with one attached hydrogen (secondary N) is 1. The van der Waals surface area contributed by atoms with Crippen LogP contribution in [0.5, 0.6) is 0 Å². The van der Waals surface area contributed by atoms with E-state index in [4.69, 9.17) is 22.4 Å². The second kappa shape index (κ2) is 5.31. The molecule has 0 aliphatic carbocycles. The molecule has 5 heteroatoms. The Balaban J connectivity index is 2.80. The zero-order valence-electron chi connectivity index (χ0n) is 10.6. The van der Waals surface area contributed by atoms with E-state index in [1.54, 1.807) is 6.92 Å². The number of aryl methyl sites for hydroxylation is 2. The predicted octanol–water partition coefficient (Wildman–Crippen LogP) is 2.00. The van der Waals surface area contributed by atoms with Crippen molar-refractivity contribution in [3.8, 4) is 0 Å². The summed E-state index contributed by atoms with van der Waals surface area (Å²) in [6.07, 6.45) is 0.496. The lowest BCUT2D eigenvalue weighted by Gasteiger charge is -2.12. The van der Waals surface area contributed by atoms with Gasteiger partial charge < -0.3 is 15.5 Å². The molecule has 1 amide bonds. The molecule has 1 aromatic rings. The van der Waals surface area contributed by atoms with Crippen LogP contribution in [-0.2, 0) is 0 Å². The highest BCUT2D eigenvalue weighted by Gasteiger charge is 2.19. The van der Waals surface area contributed by atoms with Crippen LogP contribution in [0, 0.1) is 20.8 Å². The molecule has 94 valence electrons. The first kappa shape index (κ1) is 13.7. The first-order chi connectivity index (χ1) is 7.82. The van der Waals surface area contributed by atoms with Crippen molar-refractivity contribution in [3.05, 3.63) is 22.6 Å². The Hall–Kier alpha value is -1.36. The summed E-state index contributed by atoms with van der Waals surface area (Å²) < 4.78 is 5.42. The monoisotopic (exact) mass is 254 g/mol. The Kier molecular flexibility index (Phi) is 4.28. The van der Waals surface area contributed by atoms with Crippen molar-refractivity contribution >= 4 is 23.1 Å². The molecule has 0 saturated carbocycles. The van der Waals surface area contributed by atoms with E-state index in [9.17, 15) is 4.79 Å². The number of hydrogen-bond donors (Lipinski definition) is 2. The molecule has 1 heterocycles. The van der Waals surface area contributed by atoms with Crippen LogP contribution in [0.3, 0.4) is 0 Å². The first-order valence-corrected chi connectivity index (χ1v) is 5.89. The van der Waals surface area contributed by atoms with Crippen molar-refractivity contribution in [1.29, 1.82) is 0 Å². The topological polar surface area (TPSA) is 68.3 Å². The quantitative estimate of drug-likeness (QED) is 0.806. The van der Waals surface area contributed by atoms with E-state index < -0.39 is 0 Å². The van der Waals surface area contributed by atoms with Crippen molar-refractivity contribution in [1.82, 2.24) is 5.32 Å². The summed E-state index contributed by atoms with van der Waals surface area (Å²) in [6.45, 7) is 7.37. The van der Waals surface area contributed by atoms with Gasteiger partial charge in [-0.1, -0.05) is 12.2 Å². The summed E-state index contributed by atoms with van der Waals surface area (Å²) >= 11 is 4.80. The van der Waals surface area contributed by atoms with Crippen molar-refractivity contribution < 1.29 is 9.21 Å². The van der Waals surface area contributed by atoms with E-state index in [2.05, 4.69) is 5.32 Å². The molecule has 1 rings (SSSR count). The van der Waals surface area contributed by atoms with Crippen LogP contribution in [-0.4, -0.2) is 16.9 Å². The molecule has 0 aliphatic rings. The Bertz CT molecular complexity index is 452. The van der Waals surface area contributed by atoms with Gasteiger partial charge in [0.2, 0.25) is 0 Å². The van der Waals surface area contributed by atoms with Gasteiger partial charge in [0, 0.05) is 18.0 Å². The molecule has 0 radical (unpaired) electrons. The van der Waals surface area contributed by atoms with Gasteiger partial charge in [-0.05, 0) is 27.7 Å². The highest BCUT2D eigenvalue weighted by atomic mass is 32.1. The molecule has 1 unspecified atom stereocenters. The largest absolute Gasteiger partial charge is 0.466 e. The van der Waals surface area contributed by atoms with Crippen LogP contribution in [0.2, 0.25) is 0 Å². The van der Waals surface area contributed by atoms with E-state index in [-0.39, 0.29) is 11.9 Å². The third kappa shape index (κ3) is 3.30. The van der Waals surface area contributed by atoms with Crippen LogP contribution in [0.25, 0.3) is 0 Å². The highest BCUT2D eigenvalue weighted by Crippen LogP contribution is 2.20. The summed E-state index contributed by atoms with van der Waals surface area (Å²) in [5.41, 5.74) is 6.92. The Morgan fingerprint density at radius 1 is 1.41 bits per heavy atom. The molecular formula is C12H18N2O2S. The lowest BCUT2D eigenvalue weighted by atomic mass is 10.1. The van der Waals surface area contributed by atoms with Gasteiger partial charge in [-0.2, -0.15) is 0 Å². The van der Waals surface area contributed by atoms with Crippen LogP contribution in [0.15, 0.2) is 4.42 Å². The van der Waals surface area contributed by atoms with Crippen LogP contribution >= 0.6 is 12.2 Å².